The number of thioether (sulfide) groups is 1. The summed E-state index contributed by atoms with van der Waals surface area (Å²) in [6.45, 7) is 6.59. The van der Waals surface area contributed by atoms with Crippen LogP contribution in [0.5, 0.6) is 0 Å². The summed E-state index contributed by atoms with van der Waals surface area (Å²) in [7, 11) is 0. The summed E-state index contributed by atoms with van der Waals surface area (Å²) in [5.74, 6) is 0.697. The Balaban J connectivity index is 1.64. The second-order valence-electron chi connectivity index (χ2n) is 8.90. The molecule has 1 N–H and O–H groups in total. The number of aliphatic imine (C=N–C) groups is 1. The first-order valence-electron chi connectivity index (χ1n) is 10.4. The number of ether oxygens (including phenoxy) is 1. The zero-order chi connectivity index (χ0) is 22.1. The quantitative estimate of drug-likeness (QED) is 0.761. The monoisotopic (exact) mass is 437 g/mol. The fourth-order valence-electron chi connectivity index (χ4n) is 4.02. The minimum absolute atomic E-state index is 0.129. The molecule has 0 radical (unpaired) electrons. The molecule has 0 spiro atoms. The molecule has 1 fully saturated rings. The van der Waals surface area contributed by atoms with Gasteiger partial charge in [-0.15, -0.1) is 0 Å². The highest BCUT2D eigenvalue weighted by molar-refractivity contribution is 8.13. The van der Waals surface area contributed by atoms with E-state index in [0.717, 1.165) is 11.3 Å². The standard InChI is InChI=1S/C24H27N3O3S/c1-23(2,3)30-22(29)27-14-19-15-31-21(25-20(28)17-10-6-4-7-11-17)26-24(19,16-27)18-12-8-5-9-13-18/h4-13,19H,14-16H2,1-3H3,(H,25,26,28). The molecule has 2 unspecified atom stereocenters. The van der Waals surface area contributed by atoms with Gasteiger partial charge >= 0.3 is 6.09 Å². The number of hydrogen-bond acceptors (Lipinski definition) is 5. The molecule has 2 aliphatic rings. The van der Waals surface area contributed by atoms with Gasteiger partial charge in [0, 0.05) is 23.8 Å². The molecule has 6 nitrogen and oxygen atoms in total. The Labute approximate surface area is 187 Å². The molecule has 0 saturated carbocycles. The van der Waals surface area contributed by atoms with Gasteiger partial charge in [0.05, 0.1) is 6.54 Å². The molecule has 2 aliphatic heterocycles. The number of carbonyl (C=O) groups excluding carboxylic acids is 2. The number of fused-ring (bicyclic) bond motifs is 1. The Morgan fingerprint density at radius 1 is 1.10 bits per heavy atom. The van der Waals surface area contributed by atoms with Gasteiger partial charge in [-0.3, -0.25) is 4.79 Å². The van der Waals surface area contributed by atoms with Crippen LogP contribution in [0, 0.1) is 5.92 Å². The van der Waals surface area contributed by atoms with E-state index >= 15 is 0 Å². The van der Waals surface area contributed by atoms with Crippen LogP contribution >= 0.6 is 11.8 Å². The summed E-state index contributed by atoms with van der Waals surface area (Å²) in [5, 5.41) is 3.55. The summed E-state index contributed by atoms with van der Waals surface area (Å²) in [6, 6.07) is 19.1. The Morgan fingerprint density at radius 3 is 2.39 bits per heavy atom. The molecule has 4 rings (SSSR count). The molecule has 2 aromatic carbocycles. The molecule has 2 amide bonds. The lowest BCUT2D eigenvalue weighted by Gasteiger charge is -2.35. The maximum atomic E-state index is 12.8. The second kappa shape index (κ2) is 8.38. The van der Waals surface area contributed by atoms with E-state index in [1.54, 1.807) is 17.0 Å². The smallest absolute Gasteiger partial charge is 0.410 e. The fraction of sp³-hybridized carbons (Fsp3) is 0.375. The third-order valence-electron chi connectivity index (χ3n) is 5.45. The molecule has 2 heterocycles. The Bertz CT molecular complexity index is 988. The van der Waals surface area contributed by atoms with Crippen molar-refractivity contribution >= 4 is 28.9 Å². The van der Waals surface area contributed by atoms with E-state index in [2.05, 4.69) is 5.32 Å². The van der Waals surface area contributed by atoms with Gasteiger partial charge in [-0.25, -0.2) is 9.79 Å². The Kier molecular flexibility index (Phi) is 5.79. The maximum Gasteiger partial charge on any atom is 0.410 e. The van der Waals surface area contributed by atoms with Crippen molar-refractivity contribution in [3.05, 3.63) is 71.8 Å². The molecule has 31 heavy (non-hydrogen) atoms. The predicted molar refractivity (Wildman–Crippen MR) is 123 cm³/mol. The van der Waals surface area contributed by atoms with Gasteiger partial charge in [0.25, 0.3) is 5.91 Å². The number of likely N-dealkylation sites (tertiary alicyclic amines) is 1. The van der Waals surface area contributed by atoms with Crippen LogP contribution in [-0.2, 0) is 10.3 Å². The van der Waals surface area contributed by atoms with Crippen LogP contribution in [0.4, 0.5) is 4.79 Å². The van der Waals surface area contributed by atoms with Gasteiger partial charge in [0.15, 0.2) is 5.17 Å². The van der Waals surface area contributed by atoms with E-state index in [-0.39, 0.29) is 17.9 Å². The van der Waals surface area contributed by atoms with E-state index in [0.29, 0.717) is 23.8 Å². The highest BCUT2D eigenvalue weighted by atomic mass is 32.2. The van der Waals surface area contributed by atoms with Crippen molar-refractivity contribution in [2.45, 2.75) is 31.9 Å². The molecule has 162 valence electrons. The zero-order valence-electron chi connectivity index (χ0n) is 18.0. The van der Waals surface area contributed by atoms with E-state index in [1.165, 1.54) is 11.8 Å². The van der Waals surface area contributed by atoms with Crippen LogP contribution in [0.3, 0.4) is 0 Å². The van der Waals surface area contributed by atoms with E-state index in [1.807, 2.05) is 69.3 Å². The molecular formula is C24H27N3O3S. The number of nitrogens with one attached hydrogen (secondary N) is 1. The SMILES string of the molecule is CC(C)(C)OC(=O)N1CC2CSC(NC(=O)c3ccccc3)=NC2(c2ccccc2)C1. The number of hydrogen-bond donors (Lipinski definition) is 1. The number of nitrogens with zero attached hydrogens (tertiary/aromatic N) is 2. The minimum Gasteiger partial charge on any atom is -0.444 e. The molecule has 0 aliphatic carbocycles. The molecule has 2 aromatic rings. The average molecular weight is 438 g/mol. The van der Waals surface area contributed by atoms with Crippen LogP contribution in [0.2, 0.25) is 0 Å². The van der Waals surface area contributed by atoms with Gasteiger partial charge in [0.1, 0.15) is 11.1 Å². The van der Waals surface area contributed by atoms with Crippen molar-refractivity contribution in [2.24, 2.45) is 10.9 Å². The number of amides is 2. The number of rotatable bonds is 2. The predicted octanol–water partition coefficient (Wildman–Crippen LogP) is 4.28. The number of carbonyl (C=O) groups is 2. The van der Waals surface area contributed by atoms with Crippen LogP contribution in [-0.4, -0.2) is 46.5 Å². The third kappa shape index (κ3) is 4.61. The van der Waals surface area contributed by atoms with Gasteiger partial charge in [-0.1, -0.05) is 60.3 Å². The van der Waals surface area contributed by atoms with E-state index in [9.17, 15) is 9.59 Å². The van der Waals surface area contributed by atoms with Crippen molar-refractivity contribution in [1.29, 1.82) is 0 Å². The summed E-state index contributed by atoms with van der Waals surface area (Å²) in [5.41, 5.74) is 0.460. The topological polar surface area (TPSA) is 71.0 Å². The minimum atomic E-state index is -0.608. The lowest BCUT2D eigenvalue weighted by molar-refractivity contribution is 0.0282. The van der Waals surface area contributed by atoms with Crippen LogP contribution < -0.4 is 5.32 Å². The largest absolute Gasteiger partial charge is 0.444 e. The van der Waals surface area contributed by atoms with E-state index < -0.39 is 11.1 Å². The van der Waals surface area contributed by atoms with E-state index in [4.69, 9.17) is 9.73 Å². The molecular weight excluding hydrogens is 410 g/mol. The van der Waals surface area contributed by atoms with Crippen molar-refractivity contribution < 1.29 is 14.3 Å². The number of amidine groups is 1. The molecule has 2 atom stereocenters. The van der Waals surface area contributed by atoms with Gasteiger partial charge in [-0.2, -0.15) is 0 Å². The first-order chi connectivity index (χ1) is 14.8. The van der Waals surface area contributed by atoms with Crippen molar-refractivity contribution in [1.82, 2.24) is 10.2 Å². The van der Waals surface area contributed by atoms with Gasteiger partial charge < -0.3 is 15.0 Å². The lowest BCUT2D eigenvalue weighted by atomic mass is 9.82. The van der Waals surface area contributed by atoms with Crippen molar-refractivity contribution in [2.75, 3.05) is 18.8 Å². The third-order valence-corrected chi connectivity index (χ3v) is 6.49. The first-order valence-corrected chi connectivity index (χ1v) is 11.4. The molecule has 7 heteroatoms. The summed E-state index contributed by atoms with van der Waals surface area (Å²) < 4.78 is 5.62. The van der Waals surface area contributed by atoms with Crippen molar-refractivity contribution in [3.8, 4) is 0 Å². The zero-order valence-corrected chi connectivity index (χ0v) is 18.8. The van der Waals surface area contributed by atoms with Crippen molar-refractivity contribution in [3.63, 3.8) is 0 Å². The summed E-state index contributed by atoms with van der Waals surface area (Å²) in [6.07, 6.45) is -0.327. The lowest BCUT2D eigenvalue weighted by Crippen LogP contribution is -2.43. The van der Waals surface area contributed by atoms with Gasteiger partial charge in [-0.05, 0) is 38.5 Å². The number of benzene rings is 2. The molecule has 0 aromatic heterocycles. The Hall–Kier alpha value is -2.80. The Morgan fingerprint density at radius 2 is 1.74 bits per heavy atom. The maximum absolute atomic E-state index is 12.8. The highest BCUT2D eigenvalue weighted by Gasteiger charge is 2.52. The van der Waals surface area contributed by atoms with Crippen LogP contribution in [0.25, 0.3) is 0 Å². The summed E-state index contributed by atoms with van der Waals surface area (Å²) >= 11 is 1.52. The van der Waals surface area contributed by atoms with Crippen LogP contribution in [0.15, 0.2) is 65.7 Å². The fourth-order valence-corrected chi connectivity index (χ4v) is 5.15. The van der Waals surface area contributed by atoms with Gasteiger partial charge in [0.2, 0.25) is 0 Å². The molecule has 1 saturated heterocycles. The first kappa shape index (κ1) is 21.4. The second-order valence-corrected chi connectivity index (χ2v) is 9.90. The average Bonchev–Trinajstić information content (AvgIpc) is 3.14. The highest BCUT2D eigenvalue weighted by Crippen LogP contribution is 2.45. The summed E-state index contributed by atoms with van der Waals surface area (Å²) in [4.78, 5) is 32.3. The normalized spacial score (nSPS) is 23.0. The van der Waals surface area contributed by atoms with Crippen LogP contribution in [0.1, 0.15) is 36.7 Å². The molecule has 0 bridgehead atoms.